The van der Waals surface area contributed by atoms with Gasteiger partial charge in [0.15, 0.2) is 5.75 Å². The smallest absolute Gasteiger partial charge is 0.291 e. The van der Waals surface area contributed by atoms with E-state index in [9.17, 15) is 18.0 Å². The largest absolute Gasteiger partial charge is 0.482 e. The average molecular weight is 405 g/mol. The van der Waals surface area contributed by atoms with Crippen LogP contribution in [0.15, 0.2) is 29.1 Å². The maximum Gasteiger partial charge on any atom is 0.291 e. The lowest BCUT2D eigenvalue weighted by molar-refractivity contribution is 0.140. The van der Waals surface area contributed by atoms with Gasteiger partial charge in [0.1, 0.15) is 29.2 Å². The van der Waals surface area contributed by atoms with Crippen LogP contribution in [0.1, 0.15) is 23.4 Å². The van der Waals surface area contributed by atoms with Crippen LogP contribution >= 0.6 is 0 Å². The number of fused-ring (bicyclic) bond motifs is 1. The van der Waals surface area contributed by atoms with Gasteiger partial charge in [0.05, 0.1) is 10.9 Å². The summed E-state index contributed by atoms with van der Waals surface area (Å²) in [5, 5.41) is 6.48. The van der Waals surface area contributed by atoms with E-state index in [-0.39, 0.29) is 24.0 Å². The second-order valence-electron chi connectivity index (χ2n) is 6.72. The molecule has 4 rings (SSSR count). The van der Waals surface area contributed by atoms with E-state index in [1.807, 2.05) is 0 Å². The number of ether oxygens (including phenoxy) is 1. The van der Waals surface area contributed by atoms with E-state index in [0.29, 0.717) is 35.8 Å². The fraction of sp³-hybridized carbons (Fsp3) is 0.316. The molecular weight excluding hydrogens is 387 g/mol. The number of nitrogens with zero attached hydrogens (tertiary/aromatic N) is 2. The highest BCUT2D eigenvalue weighted by atomic mass is 19.3. The lowest BCUT2D eigenvalue weighted by Crippen LogP contribution is -2.50. The van der Waals surface area contributed by atoms with Crippen LogP contribution in [0.4, 0.5) is 19.0 Å². The van der Waals surface area contributed by atoms with Crippen molar-refractivity contribution >= 4 is 16.9 Å². The molecule has 0 saturated carbocycles. The molecule has 7 nitrogen and oxygen atoms in total. The molecule has 1 aliphatic rings. The summed E-state index contributed by atoms with van der Waals surface area (Å²) >= 11 is 0. The van der Waals surface area contributed by atoms with E-state index in [4.69, 9.17) is 4.74 Å². The summed E-state index contributed by atoms with van der Waals surface area (Å²) in [6, 6.07) is 5.38. The fourth-order valence-corrected chi connectivity index (χ4v) is 3.01. The number of rotatable bonds is 6. The van der Waals surface area contributed by atoms with Gasteiger partial charge < -0.3 is 20.4 Å². The van der Waals surface area contributed by atoms with Gasteiger partial charge in [-0.25, -0.2) is 23.1 Å². The highest BCUT2D eigenvalue weighted by molar-refractivity contribution is 5.87. The van der Waals surface area contributed by atoms with Gasteiger partial charge in [-0.2, -0.15) is 0 Å². The third-order valence-electron chi connectivity index (χ3n) is 4.62. The van der Waals surface area contributed by atoms with Crippen LogP contribution in [0.3, 0.4) is 0 Å². The van der Waals surface area contributed by atoms with E-state index in [0.717, 1.165) is 6.07 Å². The number of aromatic nitrogens is 3. The minimum Gasteiger partial charge on any atom is -0.482 e. The maximum absolute atomic E-state index is 14.3. The molecular formula is C19H18F3N5O2. The molecule has 0 spiro atoms. The van der Waals surface area contributed by atoms with E-state index < -0.39 is 23.4 Å². The number of pyridine rings is 1. The van der Waals surface area contributed by atoms with Crippen molar-refractivity contribution in [3.8, 4) is 5.75 Å². The zero-order valence-electron chi connectivity index (χ0n) is 15.4. The number of aromatic amines is 1. The van der Waals surface area contributed by atoms with Crippen molar-refractivity contribution in [2.45, 2.75) is 26.0 Å². The number of nitrogens with one attached hydrogen (secondary N) is 3. The molecule has 0 aliphatic carbocycles. The highest BCUT2D eigenvalue weighted by Crippen LogP contribution is 2.26. The van der Waals surface area contributed by atoms with Crippen LogP contribution in [0.25, 0.3) is 11.0 Å². The molecule has 2 aromatic heterocycles. The Kier molecular flexibility index (Phi) is 5.10. The molecule has 0 radical (unpaired) electrons. The van der Waals surface area contributed by atoms with Gasteiger partial charge in [-0.3, -0.25) is 4.79 Å². The molecule has 3 aromatic rings. The molecule has 0 unspecified atom stereocenters. The zero-order valence-corrected chi connectivity index (χ0v) is 15.4. The molecule has 10 heteroatoms. The summed E-state index contributed by atoms with van der Waals surface area (Å²) in [5.74, 6) is -0.109. The Bertz CT molecular complexity index is 1110. The van der Waals surface area contributed by atoms with Crippen LogP contribution in [-0.4, -0.2) is 34.1 Å². The molecule has 0 amide bonds. The summed E-state index contributed by atoms with van der Waals surface area (Å²) in [4.78, 5) is 23.4. The Morgan fingerprint density at radius 3 is 2.79 bits per heavy atom. The summed E-state index contributed by atoms with van der Waals surface area (Å²) < 4.78 is 45.8. The van der Waals surface area contributed by atoms with Gasteiger partial charge in [0.2, 0.25) is 0 Å². The van der Waals surface area contributed by atoms with Crippen LogP contribution in [0.2, 0.25) is 0 Å². The van der Waals surface area contributed by atoms with E-state index in [1.54, 1.807) is 6.92 Å². The van der Waals surface area contributed by atoms with Crippen molar-refractivity contribution in [3.05, 3.63) is 57.4 Å². The first-order valence-corrected chi connectivity index (χ1v) is 9.00. The van der Waals surface area contributed by atoms with Crippen molar-refractivity contribution in [1.82, 2.24) is 20.3 Å². The number of halogens is 3. The van der Waals surface area contributed by atoms with Crippen molar-refractivity contribution < 1.29 is 17.9 Å². The molecule has 1 saturated heterocycles. The molecule has 1 aliphatic heterocycles. The van der Waals surface area contributed by atoms with Gasteiger partial charge >= 0.3 is 0 Å². The topological polar surface area (TPSA) is 91.9 Å². The van der Waals surface area contributed by atoms with Crippen LogP contribution in [0.5, 0.6) is 5.75 Å². The number of aryl methyl sites for hydroxylation is 1. The van der Waals surface area contributed by atoms with Gasteiger partial charge in [-0.15, -0.1) is 0 Å². The summed E-state index contributed by atoms with van der Waals surface area (Å²) in [6.07, 6.45) is -3.00. The van der Waals surface area contributed by atoms with E-state index >= 15 is 0 Å². The molecule has 0 bridgehead atoms. The molecule has 1 fully saturated rings. The second kappa shape index (κ2) is 7.70. The third-order valence-corrected chi connectivity index (χ3v) is 4.62. The fourth-order valence-electron chi connectivity index (χ4n) is 3.01. The van der Waals surface area contributed by atoms with Crippen LogP contribution in [0, 0.1) is 12.7 Å². The Labute approximate surface area is 163 Å². The lowest BCUT2D eigenvalue weighted by atomic mass is 10.1. The maximum atomic E-state index is 14.3. The Morgan fingerprint density at radius 1 is 1.31 bits per heavy atom. The lowest BCUT2D eigenvalue weighted by Gasteiger charge is -2.27. The molecule has 152 valence electrons. The normalized spacial score (nSPS) is 14.2. The summed E-state index contributed by atoms with van der Waals surface area (Å²) in [5.41, 5.74) is -0.689. The van der Waals surface area contributed by atoms with E-state index in [2.05, 4.69) is 25.6 Å². The summed E-state index contributed by atoms with van der Waals surface area (Å²) in [6.45, 7) is 2.87. The number of benzene rings is 1. The Hall–Kier alpha value is -3.14. The zero-order chi connectivity index (χ0) is 20.5. The van der Waals surface area contributed by atoms with Gasteiger partial charge in [-0.1, -0.05) is 18.2 Å². The number of hydrogen-bond donors (Lipinski definition) is 3. The first-order valence-electron chi connectivity index (χ1n) is 9.00. The monoisotopic (exact) mass is 405 g/mol. The van der Waals surface area contributed by atoms with Crippen LogP contribution < -0.4 is 20.9 Å². The Balaban J connectivity index is 1.67. The van der Waals surface area contributed by atoms with Crippen molar-refractivity contribution in [2.75, 3.05) is 18.4 Å². The molecule has 3 N–H and O–H groups in total. The van der Waals surface area contributed by atoms with E-state index in [1.165, 1.54) is 18.2 Å². The number of hydrogen-bond acceptors (Lipinski definition) is 6. The standard InChI is InChI=1S/C19H18F3N5O2/c1-9-25-17(24-6-10-3-2-4-12(15(10)20)16(21)22)13-5-14(29-11-7-23-8-11)19(28)27-18(13)26-9/h2-5,11,16,23H,6-8H2,1H3,(H2,24,25,26,27,28). The minimum atomic E-state index is -2.90. The first kappa shape index (κ1) is 19.2. The quantitative estimate of drug-likeness (QED) is 0.584. The average Bonchev–Trinajstić information content (AvgIpc) is 2.63. The van der Waals surface area contributed by atoms with Crippen molar-refractivity contribution in [1.29, 1.82) is 0 Å². The van der Waals surface area contributed by atoms with Gasteiger partial charge in [0, 0.05) is 31.3 Å². The molecule has 29 heavy (non-hydrogen) atoms. The summed E-state index contributed by atoms with van der Waals surface area (Å²) in [7, 11) is 0. The van der Waals surface area contributed by atoms with Crippen LogP contribution in [-0.2, 0) is 6.54 Å². The second-order valence-corrected chi connectivity index (χ2v) is 6.72. The third kappa shape index (κ3) is 3.88. The molecule has 1 aromatic carbocycles. The SMILES string of the molecule is Cc1nc(NCc2cccc(C(F)F)c2F)c2cc(OC3CNC3)c(=O)[nH]c2n1. The first-order chi connectivity index (χ1) is 13.9. The predicted octanol–water partition coefficient (Wildman–Crippen LogP) is 2.67. The van der Waals surface area contributed by atoms with Gasteiger partial charge in [0.25, 0.3) is 12.0 Å². The number of H-pyrrole nitrogens is 1. The Morgan fingerprint density at radius 2 is 2.10 bits per heavy atom. The van der Waals surface area contributed by atoms with Gasteiger partial charge in [-0.05, 0) is 6.92 Å². The highest BCUT2D eigenvalue weighted by Gasteiger charge is 2.21. The number of anilines is 1. The van der Waals surface area contributed by atoms with Crippen molar-refractivity contribution in [3.63, 3.8) is 0 Å². The minimum absolute atomic E-state index is 0.0696. The molecule has 3 heterocycles. The number of alkyl halides is 2. The molecule has 0 atom stereocenters. The predicted molar refractivity (Wildman–Crippen MR) is 101 cm³/mol. The van der Waals surface area contributed by atoms with Crippen molar-refractivity contribution in [2.24, 2.45) is 0 Å².